The summed E-state index contributed by atoms with van der Waals surface area (Å²) >= 11 is 0. The van der Waals surface area contributed by atoms with Crippen molar-refractivity contribution in [2.75, 3.05) is 26.7 Å². The van der Waals surface area contributed by atoms with Gasteiger partial charge in [-0.25, -0.2) is 9.78 Å². The molecule has 2 aromatic rings. The van der Waals surface area contributed by atoms with Gasteiger partial charge in [-0.2, -0.15) is 0 Å². The lowest BCUT2D eigenvalue weighted by Crippen LogP contribution is -2.29. The molecule has 1 atom stereocenters. The summed E-state index contributed by atoms with van der Waals surface area (Å²) in [5.74, 6) is -0.223. The van der Waals surface area contributed by atoms with E-state index in [-0.39, 0.29) is 17.9 Å². The van der Waals surface area contributed by atoms with E-state index in [1.165, 1.54) is 0 Å². The average Bonchev–Trinajstić information content (AvgIpc) is 3.19. The zero-order valence-corrected chi connectivity index (χ0v) is 14.0. The predicted octanol–water partition coefficient (Wildman–Crippen LogP) is 1.84. The van der Waals surface area contributed by atoms with Crippen LogP contribution < -0.4 is 5.32 Å². The molecular weight excluding hydrogens is 312 g/mol. The first-order chi connectivity index (χ1) is 11.5. The van der Waals surface area contributed by atoms with Crippen molar-refractivity contribution in [1.29, 1.82) is 0 Å². The van der Waals surface area contributed by atoms with E-state index in [1.807, 2.05) is 0 Å². The third-order valence-corrected chi connectivity index (χ3v) is 4.17. The van der Waals surface area contributed by atoms with E-state index in [2.05, 4.69) is 15.5 Å². The number of hydrogen-bond donors (Lipinski definition) is 1. The van der Waals surface area contributed by atoms with E-state index in [1.54, 1.807) is 31.9 Å². The van der Waals surface area contributed by atoms with E-state index in [9.17, 15) is 9.59 Å². The van der Waals surface area contributed by atoms with Gasteiger partial charge in [0, 0.05) is 31.7 Å². The van der Waals surface area contributed by atoms with Crippen molar-refractivity contribution in [1.82, 2.24) is 20.4 Å². The quantitative estimate of drug-likeness (QED) is 0.921. The normalized spacial score (nSPS) is 17.3. The summed E-state index contributed by atoms with van der Waals surface area (Å²) in [5.41, 5.74) is 2.19. The molecular formula is C16H20N4O4. The van der Waals surface area contributed by atoms with E-state index < -0.39 is 0 Å². The third kappa shape index (κ3) is 2.79. The molecule has 24 heavy (non-hydrogen) atoms. The Morgan fingerprint density at radius 1 is 1.50 bits per heavy atom. The molecule has 0 aliphatic carbocycles. The standard InChI is InChI=1S/C16H20N4O4/c1-4-23-16(22)20-6-5-10(8-20)13-12-11(14(21)17-3)7-9(2)18-15(12)24-19-13/h7,10H,4-6,8H2,1-3H3,(H,17,21). The summed E-state index contributed by atoms with van der Waals surface area (Å²) < 4.78 is 10.4. The molecule has 2 aromatic heterocycles. The maximum atomic E-state index is 12.2. The smallest absolute Gasteiger partial charge is 0.409 e. The van der Waals surface area contributed by atoms with Gasteiger partial charge in [-0.1, -0.05) is 5.16 Å². The first-order valence-corrected chi connectivity index (χ1v) is 7.95. The number of aryl methyl sites for hydroxylation is 1. The molecule has 0 radical (unpaired) electrons. The molecule has 8 heteroatoms. The van der Waals surface area contributed by atoms with Crippen LogP contribution in [0.25, 0.3) is 11.1 Å². The zero-order valence-electron chi connectivity index (χ0n) is 14.0. The van der Waals surface area contributed by atoms with E-state index >= 15 is 0 Å². The number of rotatable bonds is 3. The lowest BCUT2D eigenvalue weighted by Gasteiger charge is -2.15. The summed E-state index contributed by atoms with van der Waals surface area (Å²) in [7, 11) is 1.58. The molecule has 0 spiro atoms. The number of carbonyl (C=O) groups is 2. The molecule has 1 N–H and O–H groups in total. The summed E-state index contributed by atoms with van der Waals surface area (Å²) in [4.78, 5) is 30.0. The third-order valence-electron chi connectivity index (χ3n) is 4.17. The topological polar surface area (TPSA) is 97.6 Å². The summed E-state index contributed by atoms with van der Waals surface area (Å²) in [6, 6.07) is 1.72. The Morgan fingerprint density at radius 3 is 3.00 bits per heavy atom. The first kappa shape index (κ1) is 16.2. The van der Waals surface area contributed by atoms with Crippen molar-refractivity contribution in [3.8, 4) is 0 Å². The Kier molecular flexibility index (Phi) is 4.37. The number of nitrogens with one attached hydrogen (secondary N) is 1. The van der Waals surface area contributed by atoms with Crippen LogP contribution in [0.1, 0.15) is 41.0 Å². The maximum absolute atomic E-state index is 12.2. The monoisotopic (exact) mass is 332 g/mol. The fourth-order valence-electron chi connectivity index (χ4n) is 3.05. The van der Waals surface area contributed by atoms with Gasteiger partial charge in [0.25, 0.3) is 11.6 Å². The zero-order chi connectivity index (χ0) is 17.3. The Hall–Kier alpha value is -2.64. The van der Waals surface area contributed by atoms with Crippen LogP contribution in [0.3, 0.4) is 0 Å². The Morgan fingerprint density at radius 2 is 2.29 bits per heavy atom. The molecule has 2 amide bonds. The van der Waals surface area contributed by atoms with Crippen LogP contribution in [0.5, 0.6) is 0 Å². The molecule has 3 rings (SSSR count). The molecule has 0 saturated carbocycles. The highest BCUT2D eigenvalue weighted by Crippen LogP contribution is 2.33. The maximum Gasteiger partial charge on any atom is 0.409 e. The van der Waals surface area contributed by atoms with Gasteiger partial charge in [0.05, 0.1) is 23.3 Å². The molecule has 1 fully saturated rings. The van der Waals surface area contributed by atoms with Gasteiger partial charge < -0.3 is 19.5 Å². The predicted molar refractivity (Wildman–Crippen MR) is 85.9 cm³/mol. The number of aromatic nitrogens is 2. The lowest BCUT2D eigenvalue weighted by atomic mass is 9.99. The number of likely N-dealkylation sites (tertiary alicyclic amines) is 1. The van der Waals surface area contributed by atoms with Gasteiger partial charge in [-0.15, -0.1) is 0 Å². The van der Waals surface area contributed by atoms with Gasteiger partial charge in [-0.05, 0) is 26.3 Å². The van der Waals surface area contributed by atoms with Gasteiger partial charge >= 0.3 is 6.09 Å². The van der Waals surface area contributed by atoms with Crippen molar-refractivity contribution in [2.45, 2.75) is 26.2 Å². The highest BCUT2D eigenvalue weighted by atomic mass is 16.6. The fourth-order valence-corrected chi connectivity index (χ4v) is 3.05. The number of ether oxygens (including phenoxy) is 1. The summed E-state index contributed by atoms with van der Waals surface area (Å²) in [5, 5.41) is 7.39. The SMILES string of the molecule is CCOC(=O)N1CCC(c2noc3nc(C)cc(C(=O)NC)c23)C1. The molecule has 3 heterocycles. The van der Waals surface area contributed by atoms with Gasteiger partial charge in [0.2, 0.25) is 0 Å². The van der Waals surface area contributed by atoms with Crippen LogP contribution in [0.15, 0.2) is 10.6 Å². The van der Waals surface area contributed by atoms with Crippen molar-refractivity contribution in [3.63, 3.8) is 0 Å². The van der Waals surface area contributed by atoms with Crippen LogP contribution in [-0.4, -0.2) is 53.8 Å². The summed E-state index contributed by atoms with van der Waals surface area (Å²) in [6.07, 6.45) is 0.412. The second kappa shape index (κ2) is 6.46. The van der Waals surface area contributed by atoms with Crippen LogP contribution in [0.2, 0.25) is 0 Å². The summed E-state index contributed by atoms with van der Waals surface area (Å²) in [6.45, 7) is 5.00. The molecule has 128 valence electrons. The Balaban J connectivity index is 1.96. The molecule has 0 aromatic carbocycles. The Labute approximate surface area is 139 Å². The second-order valence-electron chi connectivity index (χ2n) is 5.77. The largest absolute Gasteiger partial charge is 0.450 e. The van der Waals surface area contributed by atoms with Gasteiger partial charge in [0.15, 0.2) is 0 Å². The van der Waals surface area contributed by atoms with Crippen molar-refractivity contribution >= 4 is 23.1 Å². The molecule has 1 unspecified atom stereocenters. The molecule has 1 saturated heterocycles. The molecule has 8 nitrogen and oxygen atoms in total. The average molecular weight is 332 g/mol. The lowest BCUT2D eigenvalue weighted by molar-refractivity contribution is 0.0964. The highest BCUT2D eigenvalue weighted by molar-refractivity contribution is 6.06. The van der Waals surface area contributed by atoms with Crippen molar-refractivity contribution < 1.29 is 18.8 Å². The number of carbonyl (C=O) groups excluding carboxylic acids is 2. The van der Waals surface area contributed by atoms with Crippen LogP contribution >= 0.6 is 0 Å². The number of fused-ring (bicyclic) bond motifs is 1. The second-order valence-corrected chi connectivity index (χ2v) is 5.77. The molecule has 1 aliphatic rings. The van der Waals surface area contributed by atoms with Gasteiger partial charge in [0.1, 0.15) is 0 Å². The number of amides is 2. The van der Waals surface area contributed by atoms with E-state index in [4.69, 9.17) is 9.26 Å². The molecule has 1 aliphatic heterocycles. The van der Waals surface area contributed by atoms with E-state index in [0.717, 1.165) is 6.42 Å². The number of nitrogens with zero attached hydrogens (tertiary/aromatic N) is 3. The van der Waals surface area contributed by atoms with Crippen LogP contribution in [0.4, 0.5) is 4.79 Å². The van der Waals surface area contributed by atoms with Crippen LogP contribution in [0, 0.1) is 6.92 Å². The minimum Gasteiger partial charge on any atom is -0.450 e. The minimum atomic E-state index is -0.326. The minimum absolute atomic E-state index is 0.0106. The van der Waals surface area contributed by atoms with E-state index in [0.29, 0.717) is 47.7 Å². The van der Waals surface area contributed by atoms with Gasteiger partial charge in [-0.3, -0.25) is 4.79 Å². The number of pyridine rings is 1. The Bertz CT molecular complexity index is 786. The number of hydrogen-bond acceptors (Lipinski definition) is 6. The first-order valence-electron chi connectivity index (χ1n) is 7.95. The van der Waals surface area contributed by atoms with Crippen molar-refractivity contribution in [2.24, 2.45) is 0 Å². The van der Waals surface area contributed by atoms with Crippen LogP contribution in [-0.2, 0) is 4.74 Å². The highest BCUT2D eigenvalue weighted by Gasteiger charge is 2.33. The van der Waals surface area contributed by atoms with Crippen molar-refractivity contribution in [3.05, 3.63) is 23.0 Å². The fraction of sp³-hybridized carbons (Fsp3) is 0.500. The molecule has 0 bridgehead atoms.